The first kappa shape index (κ1) is 9.13. The molecular formula is C13H13NS. The Labute approximate surface area is 93.6 Å². The summed E-state index contributed by atoms with van der Waals surface area (Å²) in [6, 6.07) is 6.71. The maximum absolute atomic E-state index is 6.26. The zero-order chi connectivity index (χ0) is 10.6. The smallest absolute Gasteiger partial charge is 0.0575 e. The first-order valence-electron chi connectivity index (χ1n) is 5.13. The number of aryl methyl sites for hydroxylation is 2. The maximum atomic E-state index is 6.26. The number of hydrogen-bond acceptors (Lipinski definition) is 2. The standard InChI is InChI=1S/C13H13NS/c1-7-5-8(2)11-10(6-7)13-9(12(11)14)3-4-15-13/h3-6,12H,14H2,1-2H3. The van der Waals surface area contributed by atoms with Crippen LogP contribution < -0.4 is 5.73 Å². The van der Waals surface area contributed by atoms with Gasteiger partial charge in [-0.15, -0.1) is 11.3 Å². The third kappa shape index (κ3) is 1.12. The average Bonchev–Trinajstić information content (AvgIpc) is 2.70. The van der Waals surface area contributed by atoms with Gasteiger partial charge in [-0.3, -0.25) is 0 Å². The molecule has 0 spiro atoms. The normalized spacial score (nSPS) is 17.7. The Hall–Kier alpha value is -1.12. The van der Waals surface area contributed by atoms with Crippen molar-refractivity contribution < 1.29 is 0 Å². The van der Waals surface area contributed by atoms with Crippen LogP contribution in [0.5, 0.6) is 0 Å². The monoisotopic (exact) mass is 215 g/mol. The van der Waals surface area contributed by atoms with Gasteiger partial charge in [0, 0.05) is 4.88 Å². The summed E-state index contributed by atoms with van der Waals surface area (Å²) in [6.07, 6.45) is 0. The molecule has 76 valence electrons. The molecule has 0 bridgehead atoms. The van der Waals surface area contributed by atoms with Gasteiger partial charge in [-0.2, -0.15) is 0 Å². The number of nitrogens with two attached hydrogens (primary N) is 1. The van der Waals surface area contributed by atoms with Gasteiger partial charge in [-0.1, -0.05) is 17.7 Å². The van der Waals surface area contributed by atoms with Gasteiger partial charge in [0.05, 0.1) is 6.04 Å². The molecule has 1 aromatic carbocycles. The number of thiophene rings is 1. The third-order valence-electron chi connectivity index (χ3n) is 3.12. The lowest BCUT2D eigenvalue weighted by atomic mass is 9.98. The predicted molar refractivity (Wildman–Crippen MR) is 65.3 cm³/mol. The minimum atomic E-state index is 0.0850. The van der Waals surface area contributed by atoms with Gasteiger partial charge in [-0.25, -0.2) is 0 Å². The highest BCUT2D eigenvalue weighted by Gasteiger charge is 2.28. The van der Waals surface area contributed by atoms with Crippen molar-refractivity contribution >= 4 is 11.3 Å². The van der Waals surface area contributed by atoms with Gasteiger partial charge >= 0.3 is 0 Å². The van der Waals surface area contributed by atoms with E-state index in [1.165, 1.54) is 32.7 Å². The van der Waals surface area contributed by atoms with E-state index in [1.54, 1.807) is 11.3 Å². The summed E-state index contributed by atoms with van der Waals surface area (Å²) in [4.78, 5) is 1.37. The van der Waals surface area contributed by atoms with Crippen LogP contribution in [0.1, 0.15) is 28.3 Å². The van der Waals surface area contributed by atoms with Crippen molar-refractivity contribution in [3.8, 4) is 10.4 Å². The van der Waals surface area contributed by atoms with Crippen LogP contribution in [-0.4, -0.2) is 0 Å². The average molecular weight is 215 g/mol. The first-order valence-corrected chi connectivity index (χ1v) is 6.01. The molecule has 3 rings (SSSR count). The highest BCUT2D eigenvalue weighted by molar-refractivity contribution is 7.13. The second-order valence-corrected chi connectivity index (χ2v) is 5.14. The van der Waals surface area contributed by atoms with E-state index in [0.29, 0.717) is 0 Å². The van der Waals surface area contributed by atoms with Gasteiger partial charge in [-0.05, 0) is 47.5 Å². The second-order valence-electron chi connectivity index (χ2n) is 4.23. The largest absolute Gasteiger partial charge is 0.320 e. The molecule has 1 unspecified atom stereocenters. The van der Waals surface area contributed by atoms with Crippen LogP contribution in [0, 0.1) is 13.8 Å². The van der Waals surface area contributed by atoms with Crippen molar-refractivity contribution in [2.75, 3.05) is 0 Å². The van der Waals surface area contributed by atoms with Crippen molar-refractivity contribution in [3.63, 3.8) is 0 Å². The molecule has 0 radical (unpaired) electrons. The van der Waals surface area contributed by atoms with Crippen LogP contribution in [0.25, 0.3) is 10.4 Å². The van der Waals surface area contributed by atoms with E-state index >= 15 is 0 Å². The van der Waals surface area contributed by atoms with E-state index in [-0.39, 0.29) is 6.04 Å². The Morgan fingerprint density at radius 1 is 1.27 bits per heavy atom. The maximum Gasteiger partial charge on any atom is 0.0575 e. The fourth-order valence-corrected chi connectivity index (χ4v) is 3.50. The van der Waals surface area contributed by atoms with Crippen LogP contribution >= 0.6 is 11.3 Å². The summed E-state index contributed by atoms with van der Waals surface area (Å²) >= 11 is 1.80. The van der Waals surface area contributed by atoms with Crippen LogP contribution in [-0.2, 0) is 0 Å². The summed E-state index contributed by atoms with van der Waals surface area (Å²) < 4.78 is 0. The number of fused-ring (bicyclic) bond motifs is 3. The lowest BCUT2D eigenvalue weighted by Crippen LogP contribution is -2.09. The number of benzene rings is 1. The molecule has 15 heavy (non-hydrogen) atoms. The molecular weight excluding hydrogens is 202 g/mol. The SMILES string of the molecule is Cc1cc(C)c2c(c1)-c1sccc1C2N. The van der Waals surface area contributed by atoms with Gasteiger partial charge in [0.25, 0.3) is 0 Å². The Kier molecular flexibility index (Phi) is 1.79. The summed E-state index contributed by atoms with van der Waals surface area (Å²) in [5.41, 5.74) is 12.9. The Morgan fingerprint density at radius 2 is 2.07 bits per heavy atom. The van der Waals surface area contributed by atoms with Gasteiger partial charge < -0.3 is 5.73 Å². The number of rotatable bonds is 0. The van der Waals surface area contributed by atoms with Crippen LogP contribution in [0.15, 0.2) is 23.6 Å². The molecule has 0 amide bonds. The van der Waals surface area contributed by atoms with E-state index in [9.17, 15) is 0 Å². The lowest BCUT2D eigenvalue weighted by molar-refractivity contribution is 0.893. The first-order chi connectivity index (χ1) is 7.18. The topological polar surface area (TPSA) is 26.0 Å². The second kappa shape index (κ2) is 2.94. The van der Waals surface area contributed by atoms with E-state index < -0.39 is 0 Å². The Balaban J connectivity index is 2.38. The minimum absolute atomic E-state index is 0.0850. The van der Waals surface area contributed by atoms with Crippen LogP contribution in [0.2, 0.25) is 0 Å². The minimum Gasteiger partial charge on any atom is -0.320 e. The molecule has 1 aromatic heterocycles. The van der Waals surface area contributed by atoms with Crippen molar-refractivity contribution in [1.29, 1.82) is 0 Å². The Morgan fingerprint density at radius 3 is 2.87 bits per heavy atom. The van der Waals surface area contributed by atoms with Crippen molar-refractivity contribution in [2.45, 2.75) is 19.9 Å². The molecule has 0 fully saturated rings. The quantitative estimate of drug-likeness (QED) is 0.716. The van der Waals surface area contributed by atoms with E-state index in [2.05, 4.69) is 37.4 Å². The lowest BCUT2D eigenvalue weighted by Gasteiger charge is -2.10. The third-order valence-corrected chi connectivity index (χ3v) is 4.08. The molecule has 2 N–H and O–H groups in total. The van der Waals surface area contributed by atoms with Crippen LogP contribution in [0.4, 0.5) is 0 Å². The van der Waals surface area contributed by atoms with Gasteiger partial charge in [0.15, 0.2) is 0 Å². The van der Waals surface area contributed by atoms with Gasteiger partial charge in [0.1, 0.15) is 0 Å². The van der Waals surface area contributed by atoms with Gasteiger partial charge in [0.2, 0.25) is 0 Å². The fraction of sp³-hybridized carbons (Fsp3) is 0.231. The van der Waals surface area contributed by atoms with E-state index in [1.807, 2.05) is 0 Å². The molecule has 0 saturated carbocycles. The summed E-state index contributed by atoms with van der Waals surface area (Å²) in [5, 5.41) is 2.13. The van der Waals surface area contributed by atoms with E-state index in [0.717, 1.165) is 0 Å². The highest BCUT2D eigenvalue weighted by atomic mass is 32.1. The molecule has 0 aliphatic heterocycles. The Bertz CT molecular complexity index is 539. The number of hydrogen-bond donors (Lipinski definition) is 1. The van der Waals surface area contributed by atoms with E-state index in [4.69, 9.17) is 5.73 Å². The zero-order valence-electron chi connectivity index (χ0n) is 8.87. The zero-order valence-corrected chi connectivity index (χ0v) is 9.69. The molecule has 0 saturated heterocycles. The highest BCUT2D eigenvalue weighted by Crippen LogP contribution is 2.46. The predicted octanol–water partition coefficient (Wildman–Crippen LogP) is 3.39. The van der Waals surface area contributed by atoms with Crippen molar-refractivity contribution in [2.24, 2.45) is 5.73 Å². The van der Waals surface area contributed by atoms with Crippen LogP contribution in [0.3, 0.4) is 0 Å². The fourth-order valence-electron chi connectivity index (χ4n) is 2.52. The van der Waals surface area contributed by atoms with Crippen molar-refractivity contribution in [3.05, 3.63) is 45.8 Å². The molecule has 1 atom stereocenters. The summed E-state index contributed by atoms with van der Waals surface area (Å²) in [5.74, 6) is 0. The molecule has 2 heteroatoms. The van der Waals surface area contributed by atoms with Crippen molar-refractivity contribution in [1.82, 2.24) is 0 Å². The molecule has 1 heterocycles. The molecule has 2 aromatic rings. The summed E-state index contributed by atoms with van der Waals surface area (Å²) in [7, 11) is 0. The molecule has 1 aliphatic carbocycles. The molecule has 1 nitrogen and oxygen atoms in total. The molecule has 1 aliphatic rings. The summed E-state index contributed by atoms with van der Waals surface area (Å²) in [6.45, 7) is 4.30.